The molecule has 1 heterocycles. The molecule has 0 spiro atoms. The van der Waals surface area contributed by atoms with Gasteiger partial charge in [0.15, 0.2) is 0 Å². The Hall–Kier alpha value is -0.890. The van der Waals surface area contributed by atoms with Crippen molar-refractivity contribution in [1.82, 2.24) is 4.98 Å². The van der Waals surface area contributed by atoms with Gasteiger partial charge in [-0.25, -0.2) is 0 Å². The first-order valence-electron chi connectivity index (χ1n) is 7.23. The molecule has 0 aliphatic heterocycles. The number of aromatic nitrogens is 1. The molecule has 0 aromatic carbocycles. The molecule has 1 aliphatic rings. The van der Waals surface area contributed by atoms with Crippen LogP contribution in [-0.4, -0.2) is 16.2 Å². The highest BCUT2D eigenvalue weighted by Crippen LogP contribution is 2.35. The summed E-state index contributed by atoms with van der Waals surface area (Å²) in [6, 6.07) is 4.05. The monoisotopic (exact) mass is 247 g/mol. The average molecular weight is 247 g/mol. The number of aliphatic hydroxyl groups is 1. The summed E-state index contributed by atoms with van der Waals surface area (Å²) in [6.07, 6.45) is 9.03. The number of aryl methyl sites for hydroxylation is 1. The predicted octanol–water partition coefficient (Wildman–Crippen LogP) is 3.45. The van der Waals surface area contributed by atoms with E-state index in [4.69, 9.17) is 0 Å². The highest BCUT2D eigenvalue weighted by Gasteiger charge is 2.28. The van der Waals surface area contributed by atoms with Crippen molar-refractivity contribution in [3.05, 3.63) is 30.1 Å². The van der Waals surface area contributed by atoms with E-state index in [1.807, 2.05) is 12.3 Å². The van der Waals surface area contributed by atoms with Crippen molar-refractivity contribution >= 4 is 0 Å². The van der Waals surface area contributed by atoms with Crippen molar-refractivity contribution < 1.29 is 5.11 Å². The van der Waals surface area contributed by atoms with E-state index in [-0.39, 0.29) is 6.10 Å². The van der Waals surface area contributed by atoms with E-state index < -0.39 is 0 Å². The van der Waals surface area contributed by atoms with Crippen LogP contribution in [0.3, 0.4) is 0 Å². The first-order valence-corrected chi connectivity index (χ1v) is 7.23. The van der Waals surface area contributed by atoms with Crippen LogP contribution in [0.5, 0.6) is 0 Å². The quantitative estimate of drug-likeness (QED) is 0.884. The number of nitrogens with zero attached hydrogens (tertiary/aromatic N) is 1. The predicted molar refractivity (Wildman–Crippen MR) is 74.2 cm³/mol. The van der Waals surface area contributed by atoms with Gasteiger partial charge in [0, 0.05) is 12.4 Å². The average Bonchev–Trinajstić information content (AvgIpc) is 2.40. The summed E-state index contributed by atoms with van der Waals surface area (Å²) < 4.78 is 0. The van der Waals surface area contributed by atoms with Crippen LogP contribution in [-0.2, 0) is 6.42 Å². The maximum Gasteiger partial charge on any atom is 0.0571 e. The van der Waals surface area contributed by atoms with Gasteiger partial charge in [-0.15, -0.1) is 0 Å². The number of hydrogen-bond acceptors (Lipinski definition) is 2. The molecule has 2 rings (SSSR count). The molecule has 18 heavy (non-hydrogen) atoms. The second-order valence-corrected chi connectivity index (χ2v) is 5.99. The van der Waals surface area contributed by atoms with Gasteiger partial charge in [0.2, 0.25) is 0 Å². The van der Waals surface area contributed by atoms with Gasteiger partial charge in [-0.3, -0.25) is 4.98 Å². The van der Waals surface area contributed by atoms with Crippen LogP contribution in [0.4, 0.5) is 0 Å². The van der Waals surface area contributed by atoms with Gasteiger partial charge in [-0.2, -0.15) is 0 Å². The van der Waals surface area contributed by atoms with E-state index in [1.54, 1.807) is 6.20 Å². The Kier molecular flexibility index (Phi) is 4.76. The second kappa shape index (κ2) is 6.33. The Bertz CT molecular complexity index is 351. The van der Waals surface area contributed by atoms with Crippen LogP contribution in [0.15, 0.2) is 24.5 Å². The summed E-state index contributed by atoms with van der Waals surface area (Å²) >= 11 is 0. The molecule has 0 bridgehead atoms. The lowest BCUT2D eigenvalue weighted by Crippen LogP contribution is -2.29. The molecule has 1 saturated carbocycles. The van der Waals surface area contributed by atoms with Crippen molar-refractivity contribution in [3.8, 4) is 0 Å². The van der Waals surface area contributed by atoms with Gasteiger partial charge in [0.05, 0.1) is 6.10 Å². The van der Waals surface area contributed by atoms with Crippen LogP contribution in [0.1, 0.15) is 45.1 Å². The van der Waals surface area contributed by atoms with E-state index >= 15 is 0 Å². The molecule has 0 radical (unpaired) electrons. The van der Waals surface area contributed by atoms with E-state index in [0.29, 0.717) is 5.92 Å². The number of aliphatic hydroxyl groups excluding tert-OH is 1. The summed E-state index contributed by atoms with van der Waals surface area (Å²) in [5, 5.41) is 10.3. The highest BCUT2D eigenvalue weighted by molar-refractivity contribution is 5.08. The van der Waals surface area contributed by atoms with E-state index in [0.717, 1.165) is 24.7 Å². The Morgan fingerprint density at radius 2 is 2.17 bits per heavy atom. The zero-order chi connectivity index (χ0) is 13.0. The molecule has 1 aromatic rings. The molecule has 1 N–H and O–H groups in total. The first-order chi connectivity index (χ1) is 8.66. The lowest BCUT2D eigenvalue weighted by atomic mass is 9.73. The molecule has 0 amide bonds. The number of pyridine rings is 1. The number of rotatable bonds is 4. The van der Waals surface area contributed by atoms with E-state index in [1.165, 1.54) is 24.8 Å². The molecule has 100 valence electrons. The summed E-state index contributed by atoms with van der Waals surface area (Å²) in [7, 11) is 0. The van der Waals surface area contributed by atoms with Crippen molar-refractivity contribution in [2.75, 3.05) is 0 Å². The molecule has 2 heteroatoms. The Morgan fingerprint density at radius 1 is 1.33 bits per heavy atom. The third-order valence-corrected chi connectivity index (χ3v) is 4.63. The van der Waals surface area contributed by atoms with Gasteiger partial charge in [-0.1, -0.05) is 26.3 Å². The van der Waals surface area contributed by atoms with Crippen LogP contribution < -0.4 is 0 Å². The van der Waals surface area contributed by atoms with Crippen molar-refractivity contribution in [2.24, 2.45) is 17.8 Å². The third kappa shape index (κ3) is 3.55. The minimum atomic E-state index is -0.139. The number of hydrogen-bond donors (Lipinski definition) is 1. The molecular weight excluding hydrogens is 222 g/mol. The highest BCUT2D eigenvalue weighted by atomic mass is 16.3. The van der Waals surface area contributed by atoms with Crippen LogP contribution in [0.2, 0.25) is 0 Å². The largest absolute Gasteiger partial charge is 0.393 e. The Labute approximate surface area is 110 Å². The van der Waals surface area contributed by atoms with Crippen molar-refractivity contribution in [3.63, 3.8) is 0 Å². The fourth-order valence-corrected chi connectivity index (χ4v) is 3.03. The summed E-state index contributed by atoms with van der Waals surface area (Å²) in [4.78, 5) is 4.12. The van der Waals surface area contributed by atoms with Gasteiger partial charge in [0.1, 0.15) is 0 Å². The van der Waals surface area contributed by atoms with E-state index in [2.05, 4.69) is 24.9 Å². The minimum absolute atomic E-state index is 0.139. The van der Waals surface area contributed by atoms with Crippen molar-refractivity contribution in [1.29, 1.82) is 0 Å². The topological polar surface area (TPSA) is 33.1 Å². The maximum absolute atomic E-state index is 10.3. The molecule has 1 aromatic heterocycles. The molecule has 2 nitrogen and oxygen atoms in total. The van der Waals surface area contributed by atoms with Crippen LogP contribution >= 0.6 is 0 Å². The normalized spacial score (nSPS) is 30.1. The minimum Gasteiger partial charge on any atom is -0.393 e. The third-order valence-electron chi connectivity index (χ3n) is 4.63. The standard InChI is InChI=1S/C16H25NO/c1-12-5-7-15(10-13(12)2)16(18)8-6-14-4-3-9-17-11-14/h3-4,9,11-13,15-16,18H,5-8,10H2,1-2H3. The maximum atomic E-state index is 10.3. The molecule has 1 fully saturated rings. The molecular formula is C16H25NO. The molecule has 4 atom stereocenters. The van der Waals surface area contributed by atoms with Gasteiger partial charge in [0.25, 0.3) is 0 Å². The lowest BCUT2D eigenvalue weighted by Gasteiger charge is -2.34. The van der Waals surface area contributed by atoms with Crippen molar-refractivity contribution in [2.45, 2.75) is 52.1 Å². The first kappa shape index (κ1) is 13.5. The van der Waals surface area contributed by atoms with Crippen LogP contribution in [0.25, 0.3) is 0 Å². The summed E-state index contributed by atoms with van der Waals surface area (Å²) in [5.74, 6) is 2.09. The Balaban J connectivity index is 1.80. The summed E-state index contributed by atoms with van der Waals surface area (Å²) in [5.41, 5.74) is 1.23. The van der Waals surface area contributed by atoms with Gasteiger partial charge in [-0.05, 0) is 55.1 Å². The fraction of sp³-hybridized carbons (Fsp3) is 0.688. The zero-order valence-corrected chi connectivity index (χ0v) is 11.5. The van der Waals surface area contributed by atoms with Crippen LogP contribution in [0, 0.1) is 17.8 Å². The molecule has 1 aliphatic carbocycles. The molecule has 0 saturated heterocycles. The van der Waals surface area contributed by atoms with Gasteiger partial charge >= 0.3 is 0 Å². The van der Waals surface area contributed by atoms with Gasteiger partial charge < -0.3 is 5.11 Å². The lowest BCUT2D eigenvalue weighted by molar-refractivity contribution is 0.0510. The summed E-state index contributed by atoms with van der Waals surface area (Å²) in [6.45, 7) is 4.66. The smallest absolute Gasteiger partial charge is 0.0571 e. The molecule has 4 unspecified atom stereocenters. The van der Waals surface area contributed by atoms with E-state index in [9.17, 15) is 5.11 Å². The zero-order valence-electron chi connectivity index (χ0n) is 11.5. The second-order valence-electron chi connectivity index (χ2n) is 5.99. The Morgan fingerprint density at radius 3 is 2.83 bits per heavy atom. The fourth-order valence-electron chi connectivity index (χ4n) is 3.03. The SMILES string of the molecule is CC1CCC(C(O)CCc2cccnc2)CC1C.